The van der Waals surface area contributed by atoms with Crippen LogP contribution in [0.3, 0.4) is 0 Å². The maximum absolute atomic E-state index is 6.22. The van der Waals surface area contributed by atoms with E-state index < -0.39 is 0 Å². The molecule has 0 aromatic carbocycles. The molecule has 0 aliphatic heterocycles. The van der Waals surface area contributed by atoms with Crippen LogP contribution in [0.4, 0.5) is 0 Å². The fraction of sp³-hybridized carbons (Fsp3) is 0.615. The van der Waals surface area contributed by atoms with Crippen LogP contribution in [0.15, 0.2) is 12.4 Å². The standard InChI is InChI=1S/C13H17ClN4/c14-11-8-15-9-12-16-17-13(18(11)12)10-6-4-2-1-3-5-7-10/h8-10H,1-7H2. The van der Waals surface area contributed by atoms with Crippen molar-refractivity contribution in [2.45, 2.75) is 50.9 Å². The molecule has 0 saturated heterocycles. The molecule has 96 valence electrons. The summed E-state index contributed by atoms with van der Waals surface area (Å²) >= 11 is 6.22. The monoisotopic (exact) mass is 264 g/mol. The molecule has 1 fully saturated rings. The molecule has 2 heterocycles. The Labute approximate surface area is 111 Å². The Balaban J connectivity index is 1.97. The van der Waals surface area contributed by atoms with Gasteiger partial charge in [-0.3, -0.25) is 9.38 Å². The highest BCUT2D eigenvalue weighted by molar-refractivity contribution is 6.29. The average Bonchev–Trinajstić information content (AvgIpc) is 2.74. The number of hydrogen-bond donors (Lipinski definition) is 0. The largest absolute Gasteiger partial charge is 0.266 e. The van der Waals surface area contributed by atoms with Gasteiger partial charge in [0.2, 0.25) is 0 Å². The molecule has 1 saturated carbocycles. The van der Waals surface area contributed by atoms with E-state index in [1.165, 1.54) is 44.9 Å². The first kappa shape index (κ1) is 11.9. The molecule has 0 unspecified atom stereocenters. The molecular weight excluding hydrogens is 248 g/mol. The van der Waals surface area contributed by atoms with E-state index in [-0.39, 0.29) is 0 Å². The second kappa shape index (κ2) is 5.22. The number of fused-ring (bicyclic) bond motifs is 1. The molecule has 0 spiro atoms. The molecule has 0 radical (unpaired) electrons. The van der Waals surface area contributed by atoms with Gasteiger partial charge in [0.15, 0.2) is 5.65 Å². The van der Waals surface area contributed by atoms with E-state index >= 15 is 0 Å². The zero-order chi connectivity index (χ0) is 12.4. The molecule has 0 atom stereocenters. The van der Waals surface area contributed by atoms with Crippen LogP contribution < -0.4 is 0 Å². The first-order valence-electron chi connectivity index (χ1n) is 6.71. The molecule has 4 nitrogen and oxygen atoms in total. The van der Waals surface area contributed by atoms with Crippen molar-refractivity contribution in [1.29, 1.82) is 0 Å². The third-order valence-corrected chi connectivity index (χ3v) is 4.03. The first-order valence-corrected chi connectivity index (χ1v) is 7.08. The van der Waals surface area contributed by atoms with E-state index in [9.17, 15) is 0 Å². The summed E-state index contributed by atoms with van der Waals surface area (Å²) in [6.07, 6.45) is 12.4. The number of halogens is 1. The van der Waals surface area contributed by atoms with Gasteiger partial charge in [-0.15, -0.1) is 10.2 Å². The van der Waals surface area contributed by atoms with Gasteiger partial charge in [0.25, 0.3) is 0 Å². The minimum Gasteiger partial charge on any atom is -0.266 e. The Kier molecular flexibility index (Phi) is 3.46. The normalized spacial score (nSPS) is 18.7. The summed E-state index contributed by atoms with van der Waals surface area (Å²) in [4.78, 5) is 4.05. The molecule has 1 aliphatic carbocycles. The maximum atomic E-state index is 6.22. The van der Waals surface area contributed by atoms with Crippen LogP contribution in [-0.2, 0) is 0 Å². The highest BCUT2D eigenvalue weighted by atomic mass is 35.5. The van der Waals surface area contributed by atoms with Gasteiger partial charge in [0.05, 0.1) is 12.4 Å². The second-order valence-electron chi connectivity index (χ2n) is 5.02. The van der Waals surface area contributed by atoms with Gasteiger partial charge in [-0.1, -0.05) is 43.7 Å². The van der Waals surface area contributed by atoms with Gasteiger partial charge in [0.1, 0.15) is 11.0 Å². The zero-order valence-corrected chi connectivity index (χ0v) is 11.1. The van der Waals surface area contributed by atoms with Gasteiger partial charge >= 0.3 is 0 Å². The molecule has 0 N–H and O–H groups in total. The van der Waals surface area contributed by atoms with Crippen LogP contribution >= 0.6 is 11.6 Å². The van der Waals surface area contributed by atoms with E-state index in [0.29, 0.717) is 11.1 Å². The SMILES string of the molecule is Clc1cncc2nnc(C3CCCCCCC3)n12. The Morgan fingerprint density at radius 3 is 2.50 bits per heavy atom. The number of rotatable bonds is 1. The predicted octanol–water partition coefficient (Wildman–Crippen LogP) is 3.61. The predicted molar refractivity (Wildman–Crippen MR) is 70.9 cm³/mol. The number of nitrogens with zero attached hydrogens (tertiary/aromatic N) is 4. The van der Waals surface area contributed by atoms with Crippen molar-refractivity contribution in [2.24, 2.45) is 0 Å². The van der Waals surface area contributed by atoms with Crippen molar-refractivity contribution in [3.8, 4) is 0 Å². The van der Waals surface area contributed by atoms with E-state index in [4.69, 9.17) is 11.6 Å². The maximum Gasteiger partial charge on any atom is 0.180 e. The first-order chi connectivity index (χ1) is 8.86. The van der Waals surface area contributed by atoms with Crippen LogP contribution in [0.2, 0.25) is 5.15 Å². The number of aromatic nitrogens is 4. The minimum absolute atomic E-state index is 0.486. The average molecular weight is 265 g/mol. The lowest BCUT2D eigenvalue weighted by molar-refractivity contribution is 0.440. The second-order valence-corrected chi connectivity index (χ2v) is 5.41. The summed E-state index contributed by atoms with van der Waals surface area (Å²) in [5.74, 6) is 1.50. The molecule has 0 bridgehead atoms. The quantitative estimate of drug-likeness (QED) is 0.790. The van der Waals surface area contributed by atoms with E-state index in [2.05, 4.69) is 15.2 Å². The summed E-state index contributed by atoms with van der Waals surface area (Å²) < 4.78 is 1.95. The van der Waals surface area contributed by atoms with Gasteiger partial charge in [-0.25, -0.2) is 0 Å². The van der Waals surface area contributed by atoms with Crippen molar-refractivity contribution in [3.63, 3.8) is 0 Å². The van der Waals surface area contributed by atoms with E-state index in [1.807, 2.05) is 4.40 Å². The van der Waals surface area contributed by atoms with Crippen LogP contribution in [0.25, 0.3) is 5.65 Å². The molecule has 2 aromatic rings. The Hall–Kier alpha value is -1.16. The summed E-state index contributed by atoms with van der Waals surface area (Å²) in [6, 6.07) is 0. The molecule has 2 aromatic heterocycles. The van der Waals surface area contributed by atoms with E-state index in [1.54, 1.807) is 12.4 Å². The highest BCUT2D eigenvalue weighted by Crippen LogP contribution is 2.30. The lowest BCUT2D eigenvalue weighted by Gasteiger charge is -2.18. The van der Waals surface area contributed by atoms with Crippen LogP contribution in [-0.4, -0.2) is 19.6 Å². The summed E-state index contributed by atoms with van der Waals surface area (Å²) in [6.45, 7) is 0. The summed E-state index contributed by atoms with van der Waals surface area (Å²) in [5.41, 5.74) is 0.750. The lowest BCUT2D eigenvalue weighted by Crippen LogP contribution is -2.07. The molecule has 5 heteroatoms. The molecule has 18 heavy (non-hydrogen) atoms. The highest BCUT2D eigenvalue weighted by Gasteiger charge is 2.20. The Morgan fingerprint density at radius 2 is 1.72 bits per heavy atom. The molecule has 1 aliphatic rings. The van der Waals surface area contributed by atoms with Crippen LogP contribution in [0, 0.1) is 0 Å². The third kappa shape index (κ3) is 2.21. The minimum atomic E-state index is 0.486. The number of hydrogen-bond acceptors (Lipinski definition) is 3. The third-order valence-electron chi connectivity index (χ3n) is 3.77. The van der Waals surface area contributed by atoms with Gasteiger partial charge in [0, 0.05) is 5.92 Å². The topological polar surface area (TPSA) is 43.1 Å². The summed E-state index contributed by atoms with van der Waals surface area (Å²) in [7, 11) is 0. The van der Waals surface area contributed by atoms with Gasteiger partial charge in [-0.2, -0.15) is 0 Å². The fourth-order valence-corrected chi connectivity index (χ4v) is 3.04. The van der Waals surface area contributed by atoms with Crippen LogP contribution in [0.5, 0.6) is 0 Å². The van der Waals surface area contributed by atoms with Crippen molar-refractivity contribution in [2.75, 3.05) is 0 Å². The van der Waals surface area contributed by atoms with Crippen molar-refractivity contribution < 1.29 is 0 Å². The molecular formula is C13H17ClN4. The summed E-state index contributed by atoms with van der Waals surface area (Å²) in [5, 5.41) is 9.12. The van der Waals surface area contributed by atoms with Gasteiger partial charge < -0.3 is 0 Å². The van der Waals surface area contributed by atoms with Gasteiger partial charge in [-0.05, 0) is 12.8 Å². The van der Waals surface area contributed by atoms with Crippen LogP contribution in [0.1, 0.15) is 56.7 Å². The van der Waals surface area contributed by atoms with Crippen molar-refractivity contribution in [1.82, 2.24) is 19.6 Å². The zero-order valence-electron chi connectivity index (χ0n) is 10.3. The fourth-order valence-electron chi connectivity index (χ4n) is 2.81. The Morgan fingerprint density at radius 1 is 1.00 bits per heavy atom. The molecule has 0 amide bonds. The lowest BCUT2D eigenvalue weighted by atomic mass is 9.90. The van der Waals surface area contributed by atoms with Crippen molar-refractivity contribution in [3.05, 3.63) is 23.4 Å². The van der Waals surface area contributed by atoms with Crippen molar-refractivity contribution >= 4 is 17.2 Å². The smallest absolute Gasteiger partial charge is 0.180 e. The molecule has 3 rings (SSSR count). The Bertz CT molecular complexity index is 529. The van der Waals surface area contributed by atoms with E-state index in [0.717, 1.165) is 11.5 Å².